The molecule has 0 spiro atoms. The van der Waals surface area contributed by atoms with Crippen LogP contribution in [0.4, 0.5) is 0 Å². The van der Waals surface area contributed by atoms with E-state index >= 15 is 0 Å². The molecule has 0 N–H and O–H groups in total. The number of esters is 3. The van der Waals surface area contributed by atoms with Crippen molar-refractivity contribution in [2.45, 2.75) is 316 Å². The first-order valence-corrected chi connectivity index (χ1v) is 31.6. The van der Waals surface area contributed by atoms with Gasteiger partial charge in [-0.3, -0.25) is 14.4 Å². The Morgan fingerprint density at radius 1 is 0.284 bits per heavy atom. The van der Waals surface area contributed by atoms with E-state index in [0.717, 1.165) is 96.3 Å². The molecule has 1 unspecified atom stereocenters. The topological polar surface area (TPSA) is 78.9 Å². The summed E-state index contributed by atoms with van der Waals surface area (Å²) in [7, 11) is 0. The minimum Gasteiger partial charge on any atom is -0.462 e. The fourth-order valence-electron chi connectivity index (χ4n) is 8.91. The average molecular weight is 1030 g/mol. The van der Waals surface area contributed by atoms with Gasteiger partial charge in [-0.1, -0.05) is 279 Å². The number of rotatable bonds is 57. The molecule has 0 bridgehead atoms. The summed E-state index contributed by atoms with van der Waals surface area (Å²) in [4.78, 5) is 38.1. The van der Waals surface area contributed by atoms with Crippen LogP contribution in [0.25, 0.3) is 0 Å². The third-order valence-electron chi connectivity index (χ3n) is 13.6. The van der Waals surface area contributed by atoms with Gasteiger partial charge in [0.05, 0.1) is 0 Å². The summed E-state index contributed by atoms with van der Waals surface area (Å²) in [5.74, 6) is -0.876. The van der Waals surface area contributed by atoms with Gasteiger partial charge in [0.2, 0.25) is 0 Å². The van der Waals surface area contributed by atoms with E-state index in [0.29, 0.717) is 19.3 Å². The molecule has 0 rings (SSSR count). The van der Waals surface area contributed by atoms with Gasteiger partial charge in [-0.15, -0.1) is 0 Å². The summed E-state index contributed by atoms with van der Waals surface area (Å²) in [6, 6.07) is 0. The zero-order chi connectivity index (χ0) is 53.6. The maximum atomic E-state index is 12.9. The van der Waals surface area contributed by atoms with Crippen LogP contribution in [0.15, 0.2) is 85.1 Å². The molecule has 0 aliphatic heterocycles. The molecule has 0 fully saturated rings. The van der Waals surface area contributed by atoms with Crippen molar-refractivity contribution in [3.63, 3.8) is 0 Å². The maximum absolute atomic E-state index is 12.9. The molecule has 0 aromatic rings. The molecule has 0 amide bonds. The molecule has 0 aromatic heterocycles. The second-order valence-corrected chi connectivity index (χ2v) is 20.9. The zero-order valence-electron chi connectivity index (χ0n) is 48.8. The van der Waals surface area contributed by atoms with Crippen molar-refractivity contribution in [3.8, 4) is 0 Å². The van der Waals surface area contributed by atoms with Crippen LogP contribution in [0.3, 0.4) is 0 Å². The lowest BCUT2D eigenvalue weighted by Gasteiger charge is -2.18. The molecule has 1 atom stereocenters. The van der Waals surface area contributed by atoms with Crippen LogP contribution in [-0.2, 0) is 28.6 Å². The number of allylic oxidation sites excluding steroid dienone is 14. The Balaban J connectivity index is 4.17. The minimum absolute atomic E-state index is 0.0756. The second kappa shape index (κ2) is 62.1. The number of carbonyl (C=O) groups excluding carboxylic acids is 3. The van der Waals surface area contributed by atoms with Crippen molar-refractivity contribution in [3.05, 3.63) is 85.1 Å². The van der Waals surface area contributed by atoms with E-state index in [4.69, 9.17) is 14.2 Å². The smallest absolute Gasteiger partial charge is 0.306 e. The Morgan fingerprint density at radius 2 is 0.527 bits per heavy atom. The molecule has 0 heterocycles. The molecule has 74 heavy (non-hydrogen) atoms. The lowest BCUT2D eigenvalue weighted by molar-refractivity contribution is -0.167. The monoisotopic (exact) mass is 1030 g/mol. The molecule has 6 heteroatoms. The molecule has 426 valence electrons. The van der Waals surface area contributed by atoms with Crippen LogP contribution < -0.4 is 0 Å². The third kappa shape index (κ3) is 59.5. The fraction of sp³-hybridized carbons (Fsp3) is 0.750. The van der Waals surface area contributed by atoms with Crippen LogP contribution in [0.2, 0.25) is 0 Å². The van der Waals surface area contributed by atoms with Gasteiger partial charge in [-0.25, -0.2) is 0 Å². The molecule has 0 aromatic carbocycles. The molecule has 0 saturated heterocycles. The van der Waals surface area contributed by atoms with Gasteiger partial charge in [0.1, 0.15) is 13.2 Å². The van der Waals surface area contributed by atoms with Crippen LogP contribution >= 0.6 is 0 Å². The van der Waals surface area contributed by atoms with Gasteiger partial charge < -0.3 is 14.2 Å². The number of ether oxygens (including phenoxy) is 3. The third-order valence-corrected chi connectivity index (χ3v) is 13.6. The molecule has 0 aliphatic carbocycles. The molecule has 0 saturated carbocycles. The highest BCUT2D eigenvalue weighted by atomic mass is 16.6. The molecular formula is C68H118O6. The van der Waals surface area contributed by atoms with Crippen molar-refractivity contribution in [2.24, 2.45) is 0 Å². The van der Waals surface area contributed by atoms with E-state index in [1.165, 1.54) is 173 Å². The van der Waals surface area contributed by atoms with Crippen molar-refractivity contribution >= 4 is 17.9 Å². The van der Waals surface area contributed by atoms with Gasteiger partial charge in [0, 0.05) is 19.3 Å². The Bertz CT molecular complexity index is 1420. The second-order valence-electron chi connectivity index (χ2n) is 20.9. The van der Waals surface area contributed by atoms with E-state index in [9.17, 15) is 14.4 Å². The van der Waals surface area contributed by atoms with Crippen LogP contribution in [0, 0.1) is 0 Å². The van der Waals surface area contributed by atoms with Gasteiger partial charge in [0.15, 0.2) is 6.10 Å². The molecular weight excluding hydrogens is 913 g/mol. The zero-order valence-corrected chi connectivity index (χ0v) is 48.8. The Kier molecular flexibility index (Phi) is 59.3. The van der Waals surface area contributed by atoms with E-state index in [1.807, 2.05) is 0 Å². The predicted molar refractivity (Wildman–Crippen MR) is 321 cm³/mol. The highest BCUT2D eigenvalue weighted by molar-refractivity contribution is 5.71. The van der Waals surface area contributed by atoms with E-state index in [2.05, 4.69) is 106 Å². The quantitative estimate of drug-likeness (QED) is 0.0261. The van der Waals surface area contributed by atoms with Gasteiger partial charge in [-0.2, -0.15) is 0 Å². The van der Waals surface area contributed by atoms with Gasteiger partial charge in [-0.05, 0) is 96.3 Å². The standard InChI is InChI=1S/C68H118O6/c1-4-7-10-13-16-19-21-23-25-27-29-30-31-32-33-34-35-36-37-38-40-41-43-45-47-49-52-55-58-61-67(70)73-64-65(63-72-66(69)60-57-54-51-18-15-12-9-6-3)74-68(71)62-59-56-53-50-48-46-44-42-39-28-26-24-22-20-17-14-11-8-5-2/h7,10,16,19,23-26,29-30,32-33,35-36,65H,4-6,8-9,11-15,17-18,20-22,27-28,31,34,37-64H2,1-3H3/b10-7-,19-16-,25-23-,26-24-,30-29-,33-32-,36-35-. The first kappa shape index (κ1) is 70.6. The van der Waals surface area contributed by atoms with Crippen molar-refractivity contribution in [1.82, 2.24) is 0 Å². The predicted octanol–water partition coefficient (Wildman–Crippen LogP) is 21.5. The Hall–Kier alpha value is -3.41. The van der Waals surface area contributed by atoms with Gasteiger partial charge in [0.25, 0.3) is 0 Å². The summed E-state index contributed by atoms with van der Waals surface area (Å²) < 4.78 is 16.9. The summed E-state index contributed by atoms with van der Waals surface area (Å²) in [5.41, 5.74) is 0. The van der Waals surface area contributed by atoms with Crippen molar-refractivity contribution < 1.29 is 28.6 Å². The summed E-state index contributed by atoms with van der Waals surface area (Å²) in [6.45, 7) is 6.51. The molecule has 0 radical (unpaired) electrons. The SMILES string of the molecule is CC/C=C\C/C=C\C/C=C\C/C=C\C/C=C\C/C=C\CCCCCCCCCCCCC(=O)OCC(COC(=O)CCCCCCCCCC)OC(=O)CCCCCCCCCCC/C=C\CCCCCCCC. The number of hydrogen-bond donors (Lipinski definition) is 0. The normalized spacial score (nSPS) is 12.6. The lowest BCUT2D eigenvalue weighted by Crippen LogP contribution is -2.30. The number of hydrogen-bond acceptors (Lipinski definition) is 6. The van der Waals surface area contributed by atoms with Crippen LogP contribution in [0.5, 0.6) is 0 Å². The number of carbonyl (C=O) groups is 3. The minimum atomic E-state index is -0.776. The molecule has 0 aliphatic rings. The average Bonchev–Trinajstić information content (AvgIpc) is 3.40. The van der Waals surface area contributed by atoms with Gasteiger partial charge >= 0.3 is 17.9 Å². The summed E-state index contributed by atoms with van der Waals surface area (Å²) in [5, 5.41) is 0. The van der Waals surface area contributed by atoms with Crippen LogP contribution in [0.1, 0.15) is 310 Å². The van der Waals surface area contributed by atoms with Crippen molar-refractivity contribution in [1.29, 1.82) is 0 Å². The lowest BCUT2D eigenvalue weighted by atomic mass is 10.0. The van der Waals surface area contributed by atoms with E-state index < -0.39 is 6.10 Å². The fourth-order valence-corrected chi connectivity index (χ4v) is 8.91. The maximum Gasteiger partial charge on any atom is 0.306 e. The highest BCUT2D eigenvalue weighted by Crippen LogP contribution is 2.16. The number of unbranched alkanes of at least 4 members (excludes halogenated alkanes) is 32. The first-order chi connectivity index (χ1) is 36.5. The Labute approximate surface area is 458 Å². The molecule has 6 nitrogen and oxygen atoms in total. The van der Waals surface area contributed by atoms with E-state index in [-0.39, 0.29) is 31.1 Å². The summed E-state index contributed by atoms with van der Waals surface area (Å²) >= 11 is 0. The highest BCUT2D eigenvalue weighted by Gasteiger charge is 2.19. The largest absolute Gasteiger partial charge is 0.462 e. The first-order valence-electron chi connectivity index (χ1n) is 31.6. The van der Waals surface area contributed by atoms with Crippen LogP contribution in [-0.4, -0.2) is 37.2 Å². The summed E-state index contributed by atoms with van der Waals surface area (Å²) in [6.07, 6.45) is 81.7. The Morgan fingerprint density at radius 3 is 0.838 bits per heavy atom. The van der Waals surface area contributed by atoms with Crippen molar-refractivity contribution in [2.75, 3.05) is 13.2 Å². The van der Waals surface area contributed by atoms with E-state index in [1.54, 1.807) is 0 Å².